The zero-order valence-electron chi connectivity index (χ0n) is 13.3. The van der Waals surface area contributed by atoms with Crippen LogP contribution in [0, 0.1) is 0 Å². The lowest BCUT2D eigenvalue weighted by molar-refractivity contribution is 0.223. The van der Waals surface area contributed by atoms with Crippen LogP contribution in [0.5, 0.6) is 11.5 Å². The molecule has 1 aromatic rings. The van der Waals surface area contributed by atoms with Crippen LogP contribution in [0.2, 0.25) is 0 Å². The SMILES string of the molecule is CN=C(NCC(C)Oc1cccc(OC)c1)NC(C)C.I. The second-order valence-corrected chi connectivity index (χ2v) is 4.86. The summed E-state index contributed by atoms with van der Waals surface area (Å²) in [7, 11) is 3.40. The third-order valence-electron chi connectivity index (χ3n) is 2.58. The van der Waals surface area contributed by atoms with Gasteiger partial charge in [-0.25, -0.2) is 0 Å². The van der Waals surface area contributed by atoms with Gasteiger partial charge in [-0.15, -0.1) is 24.0 Å². The van der Waals surface area contributed by atoms with Crippen molar-refractivity contribution in [2.75, 3.05) is 20.7 Å². The minimum Gasteiger partial charge on any atom is -0.497 e. The number of aliphatic imine (C=N–C) groups is 1. The molecular weight excluding hydrogens is 381 g/mol. The summed E-state index contributed by atoms with van der Waals surface area (Å²) in [6.45, 7) is 6.82. The summed E-state index contributed by atoms with van der Waals surface area (Å²) in [6.07, 6.45) is 0.0211. The molecule has 1 rings (SSSR count). The number of rotatable bonds is 6. The summed E-state index contributed by atoms with van der Waals surface area (Å²) in [6, 6.07) is 7.94. The highest BCUT2D eigenvalue weighted by molar-refractivity contribution is 14.0. The number of nitrogens with zero attached hydrogens (tertiary/aromatic N) is 1. The molecule has 1 atom stereocenters. The molecule has 0 heterocycles. The van der Waals surface area contributed by atoms with Gasteiger partial charge in [0.15, 0.2) is 5.96 Å². The minimum atomic E-state index is 0. The number of ether oxygens (including phenoxy) is 2. The molecule has 0 radical (unpaired) electrons. The Kier molecular flexibility index (Phi) is 9.94. The lowest BCUT2D eigenvalue weighted by Gasteiger charge is -2.19. The second-order valence-electron chi connectivity index (χ2n) is 4.86. The summed E-state index contributed by atoms with van der Waals surface area (Å²) in [4.78, 5) is 4.15. The molecule has 2 N–H and O–H groups in total. The van der Waals surface area contributed by atoms with Gasteiger partial charge in [-0.3, -0.25) is 4.99 Å². The van der Waals surface area contributed by atoms with Crippen molar-refractivity contribution in [3.63, 3.8) is 0 Å². The molecule has 6 heteroatoms. The highest BCUT2D eigenvalue weighted by Gasteiger charge is 2.07. The summed E-state index contributed by atoms with van der Waals surface area (Å²) in [5.41, 5.74) is 0. The van der Waals surface area contributed by atoms with Crippen molar-refractivity contribution in [1.82, 2.24) is 10.6 Å². The van der Waals surface area contributed by atoms with Crippen molar-refractivity contribution < 1.29 is 9.47 Å². The molecule has 0 fully saturated rings. The van der Waals surface area contributed by atoms with E-state index in [0.29, 0.717) is 12.6 Å². The van der Waals surface area contributed by atoms with E-state index in [-0.39, 0.29) is 30.1 Å². The first-order valence-electron chi connectivity index (χ1n) is 6.83. The smallest absolute Gasteiger partial charge is 0.191 e. The maximum absolute atomic E-state index is 5.83. The van der Waals surface area contributed by atoms with E-state index >= 15 is 0 Å². The van der Waals surface area contributed by atoms with E-state index in [1.54, 1.807) is 14.2 Å². The van der Waals surface area contributed by atoms with E-state index in [1.165, 1.54) is 0 Å². The fraction of sp³-hybridized carbons (Fsp3) is 0.533. The molecule has 0 aliphatic rings. The Bertz CT molecular complexity index is 439. The van der Waals surface area contributed by atoms with Crippen molar-refractivity contribution in [2.45, 2.75) is 32.9 Å². The number of nitrogens with one attached hydrogen (secondary N) is 2. The molecule has 0 aromatic heterocycles. The number of guanidine groups is 1. The number of methoxy groups -OCH3 is 1. The number of halogens is 1. The van der Waals surface area contributed by atoms with E-state index in [2.05, 4.69) is 29.5 Å². The lowest BCUT2D eigenvalue weighted by atomic mass is 10.3. The first-order valence-corrected chi connectivity index (χ1v) is 6.83. The highest BCUT2D eigenvalue weighted by Crippen LogP contribution is 2.19. The van der Waals surface area contributed by atoms with Crippen LogP contribution in [0.15, 0.2) is 29.3 Å². The topological polar surface area (TPSA) is 54.9 Å². The van der Waals surface area contributed by atoms with Gasteiger partial charge in [0.05, 0.1) is 13.7 Å². The van der Waals surface area contributed by atoms with Gasteiger partial charge >= 0.3 is 0 Å². The molecule has 5 nitrogen and oxygen atoms in total. The zero-order chi connectivity index (χ0) is 15.0. The van der Waals surface area contributed by atoms with Gasteiger partial charge in [0, 0.05) is 19.2 Å². The normalized spacial score (nSPS) is 12.4. The molecule has 0 aliphatic heterocycles. The number of hydrogen-bond donors (Lipinski definition) is 2. The third-order valence-corrected chi connectivity index (χ3v) is 2.58. The Morgan fingerprint density at radius 2 is 1.90 bits per heavy atom. The molecule has 21 heavy (non-hydrogen) atoms. The van der Waals surface area contributed by atoms with Crippen molar-refractivity contribution in [3.05, 3.63) is 24.3 Å². The zero-order valence-corrected chi connectivity index (χ0v) is 15.7. The Morgan fingerprint density at radius 1 is 1.24 bits per heavy atom. The summed E-state index contributed by atoms with van der Waals surface area (Å²) in [5.74, 6) is 2.37. The Morgan fingerprint density at radius 3 is 2.48 bits per heavy atom. The lowest BCUT2D eigenvalue weighted by Crippen LogP contribution is -2.44. The molecule has 1 unspecified atom stereocenters. The van der Waals surface area contributed by atoms with Gasteiger partial charge in [-0.2, -0.15) is 0 Å². The summed E-state index contributed by atoms with van der Waals surface area (Å²) < 4.78 is 11.0. The monoisotopic (exact) mass is 407 g/mol. The van der Waals surface area contributed by atoms with Crippen LogP contribution < -0.4 is 20.1 Å². The van der Waals surface area contributed by atoms with E-state index in [0.717, 1.165) is 17.5 Å². The van der Waals surface area contributed by atoms with Gasteiger partial charge in [0.25, 0.3) is 0 Å². The van der Waals surface area contributed by atoms with Gasteiger partial charge in [-0.1, -0.05) is 6.07 Å². The average molecular weight is 407 g/mol. The second kappa shape index (κ2) is 10.5. The molecule has 0 bridgehead atoms. The molecule has 0 saturated heterocycles. The van der Waals surface area contributed by atoms with Gasteiger partial charge < -0.3 is 20.1 Å². The standard InChI is InChI=1S/C15H25N3O2.HI/c1-11(2)18-15(16-4)17-10-12(3)20-14-8-6-7-13(9-14)19-5;/h6-9,11-12H,10H2,1-5H3,(H2,16,17,18);1H. The van der Waals surface area contributed by atoms with E-state index < -0.39 is 0 Å². The molecule has 0 saturated carbocycles. The van der Waals surface area contributed by atoms with Crippen LogP contribution >= 0.6 is 24.0 Å². The van der Waals surface area contributed by atoms with Gasteiger partial charge in [-0.05, 0) is 32.9 Å². The average Bonchev–Trinajstić information content (AvgIpc) is 2.43. The van der Waals surface area contributed by atoms with Gasteiger partial charge in [0.2, 0.25) is 0 Å². The predicted molar refractivity (Wildman–Crippen MR) is 98.1 cm³/mol. The molecule has 0 aliphatic carbocycles. The van der Waals surface area contributed by atoms with E-state index in [4.69, 9.17) is 9.47 Å². The third kappa shape index (κ3) is 7.99. The van der Waals surface area contributed by atoms with Crippen LogP contribution in [0.3, 0.4) is 0 Å². The maximum atomic E-state index is 5.83. The Balaban J connectivity index is 0.00000400. The van der Waals surface area contributed by atoms with Crippen LogP contribution in [-0.2, 0) is 0 Å². The largest absolute Gasteiger partial charge is 0.497 e. The van der Waals surface area contributed by atoms with E-state index in [9.17, 15) is 0 Å². The Labute approximate surface area is 144 Å². The van der Waals surface area contributed by atoms with Crippen molar-refractivity contribution in [1.29, 1.82) is 0 Å². The van der Waals surface area contributed by atoms with Crippen molar-refractivity contribution >= 4 is 29.9 Å². The molecule has 1 aromatic carbocycles. The quantitative estimate of drug-likeness (QED) is 0.433. The Hall–Kier alpha value is -1.18. The van der Waals surface area contributed by atoms with E-state index in [1.807, 2.05) is 31.2 Å². The fourth-order valence-corrected chi connectivity index (χ4v) is 1.66. The van der Waals surface area contributed by atoms with Crippen LogP contribution in [0.4, 0.5) is 0 Å². The molecule has 120 valence electrons. The predicted octanol–water partition coefficient (Wildman–Crippen LogP) is 2.65. The molecule has 0 spiro atoms. The summed E-state index contributed by atoms with van der Waals surface area (Å²) in [5, 5.41) is 6.46. The summed E-state index contributed by atoms with van der Waals surface area (Å²) >= 11 is 0. The fourth-order valence-electron chi connectivity index (χ4n) is 1.66. The van der Waals surface area contributed by atoms with Crippen LogP contribution in [-0.4, -0.2) is 38.8 Å². The minimum absolute atomic E-state index is 0. The number of hydrogen-bond acceptors (Lipinski definition) is 3. The first kappa shape index (κ1) is 19.8. The highest BCUT2D eigenvalue weighted by atomic mass is 127. The van der Waals surface area contributed by atoms with Gasteiger partial charge in [0.1, 0.15) is 17.6 Å². The van der Waals surface area contributed by atoms with Crippen LogP contribution in [0.1, 0.15) is 20.8 Å². The number of benzene rings is 1. The molecule has 0 amide bonds. The van der Waals surface area contributed by atoms with Crippen LogP contribution in [0.25, 0.3) is 0 Å². The maximum Gasteiger partial charge on any atom is 0.191 e. The molecular formula is C15H26IN3O2. The first-order chi connectivity index (χ1) is 9.55. The van der Waals surface area contributed by atoms with Crippen molar-refractivity contribution in [3.8, 4) is 11.5 Å². The van der Waals surface area contributed by atoms with Crippen molar-refractivity contribution in [2.24, 2.45) is 4.99 Å².